The van der Waals surface area contributed by atoms with Crippen molar-refractivity contribution in [2.75, 3.05) is 31.5 Å². The molecule has 6 heteroatoms. The second kappa shape index (κ2) is 11.2. The van der Waals surface area contributed by atoms with Gasteiger partial charge in [-0.25, -0.2) is 0 Å². The molecular weight excluding hydrogens is 389 g/mol. The van der Waals surface area contributed by atoms with E-state index in [9.17, 15) is 0 Å². The van der Waals surface area contributed by atoms with Crippen molar-refractivity contribution in [1.82, 2.24) is 9.88 Å². The highest BCUT2D eigenvalue weighted by molar-refractivity contribution is 6.31. The number of aryl methyl sites for hydroxylation is 1. The standard InChI is InChI=1S/C20H28ClN3.2ClH/c1-3-24(4-2)13-7-12-22-20-16-8-5-6-9-18(16)23-19-11-10-15(21)14-17(19)20;;/h10-11,14H,3-9,12-13H2,1-2H3,(H,22,23);2*1H. The molecule has 1 N–H and O–H groups in total. The lowest BCUT2D eigenvalue weighted by molar-refractivity contribution is 0.303. The molecule has 0 atom stereocenters. The Hall–Kier alpha value is -0.740. The number of halogens is 3. The van der Waals surface area contributed by atoms with E-state index in [1.165, 1.54) is 35.2 Å². The van der Waals surface area contributed by atoms with Crippen LogP contribution in [0.25, 0.3) is 10.9 Å². The summed E-state index contributed by atoms with van der Waals surface area (Å²) >= 11 is 6.25. The normalized spacial score (nSPS) is 13.1. The van der Waals surface area contributed by atoms with Crippen LogP contribution in [-0.4, -0.2) is 36.1 Å². The van der Waals surface area contributed by atoms with Gasteiger partial charge in [0.05, 0.1) is 5.52 Å². The van der Waals surface area contributed by atoms with Gasteiger partial charge < -0.3 is 10.2 Å². The van der Waals surface area contributed by atoms with Gasteiger partial charge in [-0.05, 0) is 75.5 Å². The molecule has 0 amide bonds. The van der Waals surface area contributed by atoms with Crippen LogP contribution < -0.4 is 5.32 Å². The number of hydrogen-bond donors (Lipinski definition) is 1. The molecule has 0 aliphatic heterocycles. The third kappa shape index (κ3) is 5.39. The monoisotopic (exact) mass is 417 g/mol. The largest absolute Gasteiger partial charge is 0.384 e. The predicted octanol–water partition coefficient (Wildman–Crippen LogP) is 5.75. The Labute approximate surface area is 174 Å². The summed E-state index contributed by atoms with van der Waals surface area (Å²) < 4.78 is 0. The van der Waals surface area contributed by atoms with E-state index in [0.717, 1.165) is 56.0 Å². The third-order valence-electron chi connectivity index (χ3n) is 5.07. The highest BCUT2D eigenvalue weighted by Crippen LogP contribution is 2.34. The number of nitrogens with one attached hydrogen (secondary N) is 1. The summed E-state index contributed by atoms with van der Waals surface area (Å²) in [6.07, 6.45) is 5.89. The first-order valence-corrected chi connectivity index (χ1v) is 9.68. The highest BCUT2D eigenvalue weighted by atomic mass is 35.5. The second-order valence-corrected chi connectivity index (χ2v) is 7.02. The van der Waals surface area contributed by atoms with E-state index in [2.05, 4.69) is 30.1 Å². The summed E-state index contributed by atoms with van der Waals surface area (Å²) in [5.74, 6) is 0. The minimum absolute atomic E-state index is 0. The van der Waals surface area contributed by atoms with Gasteiger partial charge in [0.2, 0.25) is 0 Å². The molecular formula is C20H30Cl3N3. The van der Waals surface area contributed by atoms with Crippen molar-refractivity contribution in [3.8, 4) is 0 Å². The van der Waals surface area contributed by atoms with Crippen LogP contribution in [0.1, 0.15) is 44.4 Å². The number of hydrogen-bond acceptors (Lipinski definition) is 3. The van der Waals surface area contributed by atoms with Gasteiger partial charge in [-0.15, -0.1) is 24.8 Å². The summed E-state index contributed by atoms with van der Waals surface area (Å²) in [4.78, 5) is 7.36. The lowest BCUT2D eigenvalue weighted by Gasteiger charge is -2.23. The van der Waals surface area contributed by atoms with Gasteiger partial charge in [0, 0.05) is 28.3 Å². The first-order chi connectivity index (χ1) is 11.7. The van der Waals surface area contributed by atoms with Gasteiger partial charge in [-0.1, -0.05) is 25.4 Å². The van der Waals surface area contributed by atoms with Crippen molar-refractivity contribution in [3.63, 3.8) is 0 Å². The summed E-state index contributed by atoms with van der Waals surface area (Å²) in [5, 5.41) is 5.68. The van der Waals surface area contributed by atoms with Gasteiger partial charge in [0.15, 0.2) is 0 Å². The molecule has 3 rings (SSSR count). The minimum Gasteiger partial charge on any atom is -0.384 e. The van der Waals surface area contributed by atoms with E-state index < -0.39 is 0 Å². The van der Waals surface area contributed by atoms with E-state index in [0.29, 0.717) is 0 Å². The van der Waals surface area contributed by atoms with Crippen LogP contribution in [-0.2, 0) is 12.8 Å². The molecule has 3 nitrogen and oxygen atoms in total. The first kappa shape index (κ1) is 23.3. The molecule has 0 spiro atoms. The fourth-order valence-corrected chi connectivity index (χ4v) is 3.83. The van der Waals surface area contributed by atoms with E-state index in [4.69, 9.17) is 16.6 Å². The molecule has 0 saturated carbocycles. The Bertz CT molecular complexity index is 702. The van der Waals surface area contributed by atoms with E-state index in [1.807, 2.05) is 12.1 Å². The van der Waals surface area contributed by atoms with E-state index in [-0.39, 0.29) is 24.8 Å². The Morgan fingerprint density at radius 2 is 1.85 bits per heavy atom. The Morgan fingerprint density at radius 1 is 1.12 bits per heavy atom. The molecule has 26 heavy (non-hydrogen) atoms. The first-order valence-electron chi connectivity index (χ1n) is 9.30. The topological polar surface area (TPSA) is 28.2 Å². The number of pyridine rings is 1. The molecule has 0 saturated heterocycles. The quantitative estimate of drug-likeness (QED) is 0.580. The average molecular weight is 419 g/mol. The molecule has 1 heterocycles. The molecule has 1 aromatic carbocycles. The minimum atomic E-state index is 0. The van der Waals surface area contributed by atoms with Crippen molar-refractivity contribution in [2.45, 2.75) is 46.0 Å². The SMILES string of the molecule is CCN(CC)CCCNc1c2c(nc3ccc(Cl)cc13)CCCC2.Cl.Cl. The number of benzene rings is 1. The molecule has 2 aromatic rings. The number of nitrogens with zero attached hydrogens (tertiary/aromatic N) is 2. The van der Waals surface area contributed by atoms with E-state index >= 15 is 0 Å². The van der Waals surface area contributed by atoms with Crippen molar-refractivity contribution in [1.29, 1.82) is 0 Å². The number of aromatic nitrogens is 1. The molecule has 146 valence electrons. The number of anilines is 1. The number of fused-ring (bicyclic) bond motifs is 2. The Balaban J connectivity index is 0.00000169. The average Bonchev–Trinajstić information content (AvgIpc) is 2.61. The van der Waals surface area contributed by atoms with Gasteiger partial charge in [0.1, 0.15) is 0 Å². The van der Waals surface area contributed by atoms with Gasteiger partial charge in [0.25, 0.3) is 0 Å². The van der Waals surface area contributed by atoms with Crippen LogP contribution in [0, 0.1) is 0 Å². The maximum Gasteiger partial charge on any atom is 0.0727 e. The van der Waals surface area contributed by atoms with E-state index in [1.54, 1.807) is 0 Å². The highest BCUT2D eigenvalue weighted by Gasteiger charge is 2.18. The van der Waals surface area contributed by atoms with Crippen molar-refractivity contribution >= 4 is 53.0 Å². The molecule has 0 unspecified atom stereocenters. The van der Waals surface area contributed by atoms with Crippen LogP contribution in [0.5, 0.6) is 0 Å². The molecule has 1 aliphatic carbocycles. The smallest absolute Gasteiger partial charge is 0.0727 e. The van der Waals surface area contributed by atoms with Crippen LogP contribution in [0.15, 0.2) is 18.2 Å². The van der Waals surface area contributed by atoms with Crippen LogP contribution in [0.4, 0.5) is 5.69 Å². The summed E-state index contributed by atoms with van der Waals surface area (Å²) in [6.45, 7) is 8.84. The summed E-state index contributed by atoms with van der Waals surface area (Å²) in [7, 11) is 0. The van der Waals surface area contributed by atoms with Crippen molar-refractivity contribution < 1.29 is 0 Å². The number of rotatable bonds is 7. The predicted molar refractivity (Wildman–Crippen MR) is 119 cm³/mol. The third-order valence-corrected chi connectivity index (χ3v) is 5.31. The zero-order valence-corrected chi connectivity index (χ0v) is 18.1. The van der Waals surface area contributed by atoms with Gasteiger partial charge >= 0.3 is 0 Å². The maximum absolute atomic E-state index is 6.25. The molecule has 0 bridgehead atoms. The zero-order chi connectivity index (χ0) is 16.9. The maximum atomic E-state index is 6.25. The molecule has 1 aromatic heterocycles. The summed E-state index contributed by atoms with van der Waals surface area (Å²) in [6, 6.07) is 6.05. The zero-order valence-electron chi connectivity index (χ0n) is 15.7. The molecule has 0 fully saturated rings. The Morgan fingerprint density at radius 3 is 2.58 bits per heavy atom. The molecule has 1 aliphatic rings. The Kier molecular flexibility index (Phi) is 10.0. The van der Waals surface area contributed by atoms with Crippen LogP contribution in [0.3, 0.4) is 0 Å². The fourth-order valence-electron chi connectivity index (χ4n) is 3.65. The lowest BCUT2D eigenvalue weighted by atomic mass is 9.92. The fraction of sp³-hybridized carbons (Fsp3) is 0.550. The van der Waals surface area contributed by atoms with Gasteiger partial charge in [-0.3, -0.25) is 4.98 Å². The van der Waals surface area contributed by atoms with Crippen molar-refractivity contribution in [3.05, 3.63) is 34.5 Å². The van der Waals surface area contributed by atoms with Crippen LogP contribution >= 0.6 is 36.4 Å². The van der Waals surface area contributed by atoms with Crippen LogP contribution in [0.2, 0.25) is 5.02 Å². The molecule has 0 radical (unpaired) electrons. The lowest BCUT2D eigenvalue weighted by Crippen LogP contribution is -2.25. The summed E-state index contributed by atoms with van der Waals surface area (Å²) in [5.41, 5.74) is 5.03. The van der Waals surface area contributed by atoms with Gasteiger partial charge in [-0.2, -0.15) is 0 Å². The van der Waals surface area contributed by atoms with Crippen molar-refractivity contribution in [2.24, 2.45) is 0 Å². The second-order valence-electron chi connectivity index (χ2n) is 6.59.